The predicted molar refractivity (Wildman–Crippen MR) is 66.8 cm³/mol. The minimum Gasteiger partial charge on any atom is -0.344 e. The van der Waals surface area contributed by atoms with Crippen molar-refractivity contribution in [3.63, 3.8) is 0 Å². The van der Waals surface area contributed by atoms with Crippen molar-refractivity contribution in [2.75, 3.05) is 0 Å². The summed E-state index contributed by atoms with van der Waals surface area (Å²) in [6, 6.07) is 0. The summed E-state index contributed by atoms with van der Waals surface area (Å²) >= 11 is 0. The fraction of sp³-hybridized carbons (Fsp3) is 1.00. The van der Waals surface area contributed by atoms with Gasteiger partial charge in [-0.2, -0.15) is 0 Å². The summed E-state index contributed by atoms with van der Waals surface area (Å²) in [5, 5.41) is 0. The molecule has 2 nitrogen and oxygen atoms in total. The Morgan fingerprint density at radius 1 is 0.583 bits per heavy atom. The molecule has 0 radical (unpaired) electrons. The van der Waals surface area contributed by atoms with Crippen molar-refractivity contribution in [2.24, 2.45) is 0 Å². The lowest BCUT2D eigenvalue weighted by Gasteiger charge is -1.68. The molecule has 0 fully saturated rings. The Kier molecular flexibility index (Phi) is 1430. The van der Waals surface area contributed by atoms with Crippen LogP contribution in [0.4, 0.5) is 0 Å². The van der Waals surface area contributed by atoms with Crippen LogP contribution in [0.5, 0.6) is 0 Å². The van der Waals surface area contributed by atoms with E-state index < -0.39 is 0 Å². The van der Waals surface area contributed by atoms with Crippen LogP contribution in [0.25, 0.3) is 0 Å². The van der Waals surface area contributed by atoms with Crippen LogP contribution in [-0.2, 0) is 0 Å². The van der Waals surface area contributed by atoms with E-state index in [0.717, 1.165) is 0 Å². The molecule has 0 aliphatic rings. The van der Waals surface area contributed by atoms with Gasteiger partial charge in [0, 0.05) is 0 Å². The minimum absolute atomic E-state index is 0. The van der Waals surface area contributed by atoms with Gasteiger partial charge in [0.2, 0.25) is 0 Å². The highest BCUT2D eigenvalue weighted by atomic mass is 14.0. The summed E-state index contributed by atoms with van der Waals surface area (Å²) in [5.41, 5.74) is 0. The topological polar surface area (TPSA) is 70.0 Å². The first-order valence-electron chi connectivity index (χ1n) is 3.91. The third-order valence-corrected chi connectivity index (χ3v) is 0.500. The Morgan fingerprint density at radius 2 is 0.667 bits per heavy atom. The Morgan fingerprint density at radius 3 is 0.667 bits per heavy atom. The van der Waals surface area contributed by atoms with Crippen LogP contribution in [0.1, 0.15) is 69.2 Å². The minimum atomic E-state index is 0. The average Bonchev–Trinajstić information content (AvgIpc) is 1.96. The van der Waals surface area contributed by atoms with E-state index in [1.54, 1.807) is 0 Å². The zero-order chi connectivity index (χ0) is 7.41. The molecule has 0 aromatic heterocycles. The molecule has 0 aromatic carbocycles. The van der Waals surface area contributed by atoms with Crippen molar-refractivity contribution in [1.29, 1.82) is 0 Å². The molecule has 86 valence electrons. The van der Waals surface area contributed by atoms with Gasteiger partial charge in [0.05, 0.1) is 0 Å². The van der Waals surface area contributed by atoms with E-state index in [-0.39, 0.29) is 27.2 Å². The van der Waals surface area contributed by atoms with Crippen LogP contribution in [0, 0.1) is 0 Å². The maximum atomic E-state index is 2.18. The summed E-state index contributed by atoms with van der Waals surface area (Å²) in [6.07, 6.45) is 2.64. The lowest BCUT2D eigenvalue weighted by Crippen LogP contribution is -1.47. The summed E-state index contributed by atoms with van der Waals surface area (Å²) in [4.78, 5) is 0. The molecule has 0 unspecified atom stereocenters. The molecule has 2 heteroatoms. The van der Waals surface area contributed by atoms with Gasteiger partial charge >= 0.3 is 0 Å². The Labute approximate surface area is 82.3 Å². The van der Waals surface area contributed by atoms with Gasteiger partial charge in [-0.1, -0.05) is 69.2 Å². The van der Waals surface area contributed by atoms with Gasteiger partial charge < -0.3 is 12.3 Å². The third kappa shape index (κ3) is 933. The van der Waals surface area contributed by atoms with Crippen LogP contribution in [0.15, 0.2) is 0 Å². The Bertz CT molecular complexity index is 9.80. The first-order valence-corrected chi connectivity index (χ1v) is 3.91. The van der Waals surface area contributed by atoms with E-state index in [2.05, 4.69) is 13.8 Å². The fourth-order valence-electron chi connectivity index (χ4n) is 0. The van der Waals surface area contributed by atoms with Crippen LogP contribution >= 0.6 is 0 Å². The van der Waals surface area contributed by atoms with Crippen molar-refractivity contribution in [3.8, 4) is 0 Å². The molecule has 0 saturated carbocycles. The summed E-state index contributed by atoms with van der Waals surface area (Å²) in [7, 11) is 0. The highest BCUT2D eigenvalue weighted by molar-refractivity contribution is 4.12. The van der Waals surface area contributed by atoms with E-state index in [9.17, 15) is 0 Å². The second-order valence-corrected chi connectivity index (χ2v) is 1.000. The molecule has 0 aromatic rings. The average molecular weight is 184 g/mol. The Hall–Kier alpha value is -0.0800. The van der Waals surface area contributed by atoms with Gasteiger partial charge in [0.25, 0.3) is 0 Å². The fourth-order valence-corrected chi connectivity index (χ4v) is 0. The van der Waals surface area contributed by atoms with E-state index in [1.165, 1.54) is 12.8 Å². The van der Waals surface area contributed by atoms with Gasteiger partial charge in [-0.15, -0.1) is 0 Å². The van der Waals surface area contributed by atoms with Crippen LogP contribution in [-0.4, -0.2) is 0 Å². The summed E-state index contributed by atoms with van der Waals surface area (Å²) in [6.45, 7) is 12.4. The number of hydrogen-bond acceptors (Lipinski definition) is 2. The molecule has 0 heterocycles. The van der Waals surface area contributed by atoms with Crippen molar-refractivity contribution in [2.45, 2.75) is 69.2 Å². The van der Waals surface area contributed by atoms with Gasteiger partial charge in [-0.05, 0) is 0 Å². The van der Waals surface area contributed by atoms with Gasteiger partial charge in [0.15, 0.2) is 0 Å². The van der Waals surface area contributed by atoms with E-state index in [4.69, 9.17) is 0 Å². The largest absolute Gasteiger partial charge is 0.344 e. The van der Waals surface area contributed by atoms with E-state index >= 15 is 0 Å². The molecular formula is C10H36N2. The van der Waals surface area contributed by atoms with Crippen molar-refractivity contribution in [1.82, 2.24) is 12.3 Å². The normalized spacial score (nSPS) is 3.50. The van der Waals surface area contributed by atoms with Crippen molar-refractivity contribution >= 4 is 0 Å². The molecule has 0 spiro atoms. The van der Waals surface area contributed by atoms with E-state index in [0.29, 0.717) is 0 Å². The third-order valence-electron chi connectivity index (χ3n) is 0.500. The van der Waals surface area contributed by atoms with Gasteiger partial charge in [-0.3, -0.25) is 0 Å². The lowest BCUT2D eigenvalue weighted by atomic mass is 10.4. The second kappa shape index (κ2) is 292. The number of rotatable bonds is 1. The highest BCUT2D eigenvalue weighted by Gasteiger charge is 1.56. The second-order valence-electron chi connectivity index (χ2n) is 1.000. The summed E-state index contributed by atoms with van der Waals surface area (Å²) < 4.78 is 0. The molecule has 0 aliphatic carbocycles. The first-order chi connectivity index (χ1) is 3.91. The molecule has 6 N–H and O–H groups in total. The molecule has 0 saturated heterocycles. The van der Waals surface area contributed by atoms with Gasteiger partial charge in [-0.25, -0.2) is 0 Å². The molecular weight excluding hydrogens is 148 g/mol. The molecule has 0 amide bonds. The lowest BCUT2D eigenvalue weighted by molar-refractivity contribution is 0.886. The maximum Gasteiger partial charge on any atom is -0.0564 e. The number of unbranched alkanes of at least 4 members (excludes halogenated alkanes) is 1. The first kappa shape index (κ1) is 58.7. The number of hydrogen-bond donors (Lipinski definition) is 2. The SMILES string of the molecule is C.C.CC.CC.CCCC.N.N. The van der Waals surface area contributed by atoms with Crippen molar-refractivity contribution in [3.05, 3.63) is 0 Å². The maximum absolute atomic E-state index is 2.18. The standard InChI is InChI=1S/C4H10.2C2H6.2CH4.2H3N/c1-3-4-2;2*1-2;;;;/h3-4H2,1-2H3;2*1-2H3;2*1H4;2*1H3. The zero-order valence-electron chi connectivity index (χ0n) is 8.83. The molecule has 0 atom stereocenters. The van der Waals surface area contributed by atoms with Crippen molar-refractivity contribution < 1.29 is 0 Å². The van der Waals surface area contributed by atoms with Crippen LogP contribution in [0.2, 0.25) is 0 Å². The smallest absolute Gasteiger partial charge is 0.0564 e. The van der Waals surface area contributed by atoms with E-state index in [1.807, 2.05) is 27.7 Å². The van der Waals surface area contributed by atoms with Crippen LogP contribution < -0.4 is 12.3 Å². The predicted octanol–water partition coefficient (Wildman–Crippen LogP) is 5.46. The monoisotopic (exact) mass is 184 g/mol. The zero-order valence-corrected chi connectivity index (χ0v) is 8.83. The Balaban J connectivity index is -0.00000000575. The summed E-state index contributed by atoms with van der Waals surface area (Å²) in [5.74, 6) is 0. The van der Waals surface area contributed by atoms with Gasteiger partial charge in [0.1, 0.15) is 0 Å². The molecule has 0 rings (SSSR count). The highest BCUT2D eigenvalue weighted by Crippen LogP contribution is 1.76. The quantitative estimate of drug-likeness (QED) is 0.568. The molecule has 12 heavy (non-hydrogen) atoms. The molecule has 0 aliphatic heterocycles. The molecule has 0 bridgehead atoms. The van der Waals surface area contributed by atoms with Crippen LogP contribution in [0.3, 0.4) is 0 Å².